The summed E-state index contributed by atoms with van der Waals surface area (Å²) in [5.74, 6) is -0.121. The van der Waals surface area contributed by atoms with Crippen LogP contribution in [0.4, 0.5) is 4.79 Å². The Balaban J connectivity index is 1.71. The Kier molecular flexibility index (Phi) is 7.01. The van der Waals surface area contributed by atoms with Crippen LogP contribution in [-0.2, 0) is 13.0 Å². The van der Waals surface area contributed by atoms with Crippen molar-refractivity contribution in [3.8, 4) is 0 Å². The van der Waals surface area contributed by atoms with Crippen molar-refractivity contribution in [2.24, 2.45) is 0 Å². The second kappa shape index (κ2) is 9.47. The number of hydrogen-bond acceptors (Lipinski definition) is 2. The first-order chi connectivity index (χ1) is 12.1. The molecule has 0 aromatic heterocycles. The SMILES string of the molecule is CNC(=O)c1ccc(CNC(=O)NC(C)CCc2ccccc2)cc1. The predicted molar refractivity (Wildman–Crippen MR) is 99.4 cm³/mol. The molecule has 0 saturated carbocycles. The normalized spacial score (nSPS) is 11.4. The molecule has 0 aliphatic heterocycles. The Hall–Kier alpha value is -2.82. The van der Waals surface area contributed by atoms with E-state index in [9.17, 15) is 9.59 Å². The van der Waals surface area contributed by atoms with Crippen LogP contribution in [0, 0.1) is 0 Å². The Bertz CT molecular complexity index is 684. The Morgan fingerprint density at radius 2 is 1.64 bits per heavy atom. The first kappa shape index (κ1) is 18.5. The van der Waals surface area contributed by atoms with E-state index < -0.39 is 0 Å². The van der Waals surface area contributed by atoms with E-state index in [1.165, 1.54) is 5.56 Å². The van der Waals surface area contributed by atoms with Crippen LogP contribution in [0.1, 0.15) is 34.8 Å². The summed E-state index contributed by atoms with van der Waals surface area (Å²) in [7, 11) is 1.60. The molecule has 0 aliphatic carbocycles. The zero-order chi connectivity index (χ0) is 18.1. The van der Waals surface area contributed by atoms with Crippen LogP contribution in [-0.4, -0.2) is 25.0 Å². The number of benzene rings is 2. The van der Waals surface area contributed by atoms with Crippen LogP contribution < -0.4 is 16.0 Å². The minimum absolute atomic E-state index is 0.0934. The van der Waals surface area contributed by atoms with Crippen molar-refractivity contribution in [3.05, 3.63) is 71.3 Å². The highest BCUT2D eigenvalue weighted by molar-refractivity contribution is 5.93. The van der Waals surface area contributed by atoms with Gasteiger partial charge >= 0.3 is 6.03 Å². The van der Waals surface area contributed by atoms with Gasteiger partial charge in [-0.1, -0.05) is 42.5 Å². The highest BCUT2D eigenvalue weighted by Crippen LogP contribution is 2.06. The molecule has 0 saturated heterocycles. The lowest BCUT2D eigenvalue weighted by Crippen LogP contribution is -2.40. The summed E-state index contributed by atoms with van der Waals surface area (Å²) in [5, 5.41) is 8.36. The molecule has 2 aromatic rings. The van der Waals surface area contributed by atoms with Gasteiger partial charge in [-0.3, -0.25) is 4.79 Å². The lowest BCUT2D eigenvalue weighted by atomic mass is 10.1. The minimum Gasteiger partial charge on any atom is -0.355 e. The molecular weight excluding hydrogens is 314 g/mol. The van der Waals surface area contributed by atoms with E-state index in [0.717, 1.165) is 18.4 Å². The average Bonchev–Trinajstić information content (AvgIpc) is 2.65. The van der Waals surface area contributed by atoms with Crippen molar-refractivity contribution in [1.29, 1.82) is 0 Å². The fourth-order valence-electron chi connectivity index (χ4n) is 2.48. The minimum atomic E-state index is -0.184. The van der Waals surface area contributed by atoms with Crippen molar-refractivity contribution >= 4 is 11.9 Å². The lowest BCUT2D eigenvalue weighted by molar-refractivity contribution is 0.0963. The maximum atomic E-state index is 12.0. The van der Waals surface area contributed by atoms with Crippen LogP contribution in [0.2, 0.25) is 0 Å². The van der Waals surface area contributed by atoms with Gasteiger partial charge in [-0.2, -0.15) is 0 Å². The summed E-state index contributed by atoms with van der Waals surface area (Å²) < 4.78 is 0. The number of aryl methyl sites for hydroxylation is 1. The largest absolute Gasteiger partial charge is 0.355 e. The van der Waals surface area contributed by atoms with Crippen LogP contribution in [0.5, 0.6) is 0 Å². The van der Waals surface area contributed by atoms with Crippen LogP contribution in [0.25, 0.3) is 0 Å². The molecule has 3 amide bonds. The van der Waals surface area contributed by atoms with Gasteiger partial charge < -0.3 is 16.0 Å². The Morgan fingerprint density at radius 3 is 2.28 bits per heavy atom. The van der Waals surface area contributed by atoms with E-state index in [-0.39, 0.29) is 18.0 Å². The third-order valence-electron chi connectivity index (χ3n) is 3.98. The van der Waals surface area contributed by atoms with Crippen molar-refractivity contribution in [3.63, 3.8) is 0 Å². The maximum Gasteiger partial charge on any atom is 0.315 e. The van der Waals surface area contributed by atoms with Gasteiger partial charge in [0.2, 0.25) is 0 Å². The second-order valence-corrected chi connectivity index (χ2v) is 6.03. The number of nitrogens with one attached hydrogen (secondary N) is 3. The zero-order valence-electron chi connectivity index (χ0n) is 14.7. The molecule has 3 N–H and O–H groups in total. The van der Waals surface area contributed by atoms with Gasteiger partial charge in [0.25, 0.3) is 5.91 Å². The number of hydrogen-bond donors (Lipinski definition) is 3. The number of carbonyl (C=O) groups excluding carboxylic acids is 2. The standard InChI is InChI=1S/C20H25N3O2/c1-15(8-9-16-6-4-3-5-7-16)23-20(25)22-14-17-10-12-18(13-11-17)19(24)21-2/h3-7,10-13,15H,8-9,14H2,1-2H3,(H,21,24)(H2,22,23,25). The van der Waals surface area contributed by atoms with Crippen LogP contribution in [0.15, 0.2) is 54.6 Å². The van der Waals surface area contributed by atoms with Crippen LogP contribution in [0.3, 0.4) is 0 Å². The molecule has 0 fully saturated rings. The predicted octanol–water partition coefficient (Wildman–Crippen LogP) is 2.87. The van der Waals surface area contributed by atoms with Gasteiger partial charge in [-0.25, -0.2) is 4.79 Å². The molecule has 5 nitrogen and oxygen atoms in total. The fraction of sp³-hybridized carbons (Fsp3) is 0.300. The van der Waals surface area contributed by atoms with E-state index in [1.807, 2.05) is 37.3 Å². The fourth-order valence-corrected chi connectivity index (χ4v) is 2.48. The molecule has 5 heteroatoms. The van der Waals surface area contributed by atoms with Gasteiger partial charge in [-0.15, -0.1) is 0 Å². The average molecular weight is 339 g/mol. The molecule has 1 unspecified atom stereocenters. The third-order valence-corrected chi connectivity index (χ3v) is 3.98. The molecule has 0 bridgehead atoms. The Morgan fingerprint density at radius 1 is 0.960 bits per heavy atom. The summed E-state index contributed by atoms with van der Waals surface area (Å²) >= 11 is 0. The zero-order valence-corrected chi connectivity index (χ0v) is 14.7. The Labute approximate surface area is 148 Å². The molecule has 2 aromatic carbocycles. The van der Waals surface area contributed by atoms with Gasteiger partial charge in [-0.05, 0) is 43.0 Å². The summed E-state index contributed by atoms with van der Waals surface area (Å²) in [6.07, 6.45) is 1.82. The lowest BCUT2D eigenvalue weighted by Gasteiger charge is -2.15. The van der Waals surface area contributed by atoms with E-state index in [0.29, 0.717) is 12.1 Å². The number of carbonyl (C=O) groups is 2. The first-order valence-corrected chi connectivity index (χ1v) is 8.48. The van der Waals surface area contributed by atoms with Crippen molar-refractivity contribution in [2.45, 2.75) is 32.4 Å². The van der Waals surface area contributed by atoms with Gasteiger partial charge in [0.1, 0.15) is 0 Å². The summed E-state index contributed by atoms with van der Waals surface area (Å²) in [6, 6.07) is 17.3. The van der Waals surface area contributed by atoms with E-state index >= 15 is 0 Å². The molecule has 0 radical (unpaired) electrons. The van der Waals surface area contributed by atoms with E-state index in [4.69, 9.17) is 0 Å². The second-order valence-electron chi connectivity index (χ2n) is 6.03. The number of rotatable bonds is 7. The quantitative estimate of drug-likeness (QED) is 0.726. The smallest absolute Gasteiger partial charge is 0.315 e. The molecule has 2 rings (SSSR count). The summed E-state index contributed by atoms with van der Waals surface area (Å²) in [4.78, 5) is 23.5. The summed E-state index contributed by atoms with van der Waals surface area (Å²) in [5.41, 5.74) is 2.82. The molecule has 0 heterocycles. The number of amides is 3. The molecule has 0 aliphatic rings. The molecule has 132 valence electrons. The third kappa shape index (κ3) is 6.30. The highest BCUT2D eigenvalue weighted by atomic mass is 16.2. The van der Waals surface area contributed by atoms with E-state index in [1.54, 1.807) is 19.2 Å². The van der Waals surface area contributed by atoms with E-state index in [2.05, 4.69) is 28.1 Å². The number of urea groups is 1. The monoisotopic (exact) mass is 339 g/mol. The topological polar surface area (TPSA) is 70.2 Å². The first-order valence-electron chi connectivity index (χ1n) is 8.48. The van der Waals surface area contributed by atoms with Crippen molar-refractivity contribution in [2.75, 3.05) is 7.05 Å². The summed E-state index contributed by atoms with van der Waals surface area (Å²) in [6.45, 7) is 2.42. The molecule has 0 spiro atoms. The van der Waals surface area contributed by atoms with Gasteiger partial charge in [0.05, 0.1) is 0 Å². The molecular formula is C20H25N3O2. The van der Waals surface area contributed by atoms with Crippen molar-refractivity contribution in [1.82, 2.24) is 16.0 Å². The van der Waals surface area contributed by atoms with Crippen LogP contribution >= 0.6 is 0 Å². The molecule has 1 atom stereocenters. The van der Waals surface area contributed by atoms with Gasteiger partial charge in [0.15, 0.2) is 0 Å². The maximum absolute atomic E-state index is 12.0. The highest BCUT2D eigenvalue weighted by Gasteiger charge is 2.08. The van der Waals surface area contributed by atoms with Crippen molar-refractivity contribution < 1.29 is 9.59 Å². The van der Waals surface area contributed by atoms with Gasteiger partial charge in [0, 0.05) is 25.2 Å². The molecule has 25 heavy (non-hydrogen) atoms.